The van der Waals surface area contributed by atoms with E-state index in [0.717, 1.165) is 5.75 Å². The molecule has 2 aromatic rings. The van der Waals surface area contributed by atoms with Gasteiger partial charge >= 0.3 is 0 Å². The molecule has 0 atom stereocenters. The van der Waals surface area contributed by atoms with Crippen molar-refractivity contribution in [2.24, 2.45) is 0 Å². The number of nitrogens with two attached hydrogens (primary N) is 1. The molecule has 1 heterocycles. The Bertz CT molecular complexity index is 451. The summed E-state index contributed by atoms with van der Waals surface area (Å²) in [5, 5.41) is 0. The maximum Gasteiger partial charge on any atom is 0.221 e. The van der Waals surface area contributed by atoms with E-state index in [1.165, 1.54) is 5.56 Å². The fourth-order valence-corrected chi connectivity index (χ4v) is 1.21. The molecular weight excluding hydrogens is 188 g/mol. The minimum atomic E-state index is 0.458. The zero-order valence-electron chi connectivity index (χ0n) is 8.47. The predicted octanol–water partition coefficient (Wildman–Crippen LogP) is 2.76. The van der Waals surface area contributed by atoms with Crippen LogP contribution in [0.5, 0.6) is 11.6 Å². The molecule has 2 N–H and O–H groups in total. The minimum Gasteiger partial charge on any atom is -0.439 e. The molecule has 0 aliphatic carbocycles. The van der Waals surface area contributed by atoms with Crippen LogP contribution in [0.4, 0.5) is 5.82 Å². The van der Waals surface area contributed by atoms with Gasteiger partial charge in [0.1, 0.15) is 11.6 Å². The number of nitrogens with zero attached hydrogens (tertiary/aromatic N) is 1. The van der Waals surface area contributed by atoms with Crippen LogP contribution in [-0.2, 0) is 0 Å². The number of pyridine rings is 1. The summed E-state index contributed by atoms with van der Waals surface area (Å²) in [5.74, 6) is 1.73. The summed E-state index contributed by atoms with van der Waals surface area (Å²) >= 11 is 0. The second-order valence-corrected chi connectivity index (χ2v) is 3.32. The van der Waals surface area contributed by atoms with Crippen molar-refractivity contribution in [1.29, 1.82) is 0 Å². The van der Waals surface area contributed by atoms with Gasteiger partial charge in [0.25, 0.3) is 0 Å². The molecule has 15 heavy (non-hydrogen) atoms. The summed E-state index contributed by atoms with van der Waals surface area (Å²) in [6.45, 7) is 2.03. The van der Waals surface area contributed by atoms with Crippen molar-refractivity contribution < 1.29 is 4.74 Å². The molecular formula is C12H12N2O. The first kappa shape index (κ1) is 9.52. The van der Waals surface area contributed by atoms with Crippen LogP contribution in [0.2, 0.25) is 0 Å². The van der Waals surface area contributed by atoms with Gasteiger partial charge in [-0.2, -0.15) is 4.98 Å². The number of hydrogen-bond acceptors (Lipinski definition) is 3. The SMILES string of the molecule is Cc1ccc(Oc2cccc(N)n2)cc1. The number of rotatable bonds is 2. The lowest BCUT2D eigenvalue weighted by Crippen LogP contribution is -1.92. The molecule has 0 unspecified atom stereocenters. The molecule has 0 fully saturated rings. The van der Waals surface area contributed by atoms with Crippen molar-refractivity contribution in [2.75, 3.05) is 5.73 Å². The average molecular weight is 200 g/mol. The summed E-state index contributed by atoms with van der Waals surface area (Å²) < 4.78 is 5.52. The van der Waals surface area contributed by atoms with Crippen LogP contribution >= 0.6 is 0 Å². The van der Waals surface area contributed by atoms with Gasteiger partial charge in [-0.05, 0) is 25.1 Å². The number of nitrogen functional groups attached to an aromatic ring is 1. The molecule has 0 radical (unpaired) electrons. The summed E-state index contributed by atoms with van der Waals surface area (Å²) in [5.41, 5.74) is 6.74. The van der Waals surface area contributed by atoms with Crippen LogP contribution in [0.1, 0.15) is 5.56 Å². The highest BCUT2D eigenvalue weighted by atomic mass is 16.5. The van der Waals surface area contributed by atoms with Crippen LogP contribution in [0, 0.1) is 6.92 Å². The lowest BCUT2D eigenvalue weighted by atomic mass is 10.2. The Balaban J connectivity index is 2.18. The van der Waals surface area contributed by atoms with Crippen LogP contribution < -0.4 is 10.5 Å². The van der Waals surface area contributed by atoms with E-state index >= 15 is 0 Å². The third kappa shape index (κ3) is 2.47. The van der Waals surface area contributed by atoms with Gasteiger partial charge in [0.05, 0.1) is 0 Å². The molecule has 0 aliphatic rings. The Kier molecular flexibility index (Phi) is 2.54. The highest BCUT2D eigenvalue weighted by Gasteiger charge is 1.97. The number of aryl methyl sites for hydroxylation is 1. The molecule has 0 saturated heterocycles. The van der Waals surface area contributed by atoms with Crippen LogP contribution in [-0.4, -0.2) is 4.98 Å². The summed E-state index contributed by atoms with van der Waals surface area (Å²) in [7, 11) is 0. The van der Waals surface area contributed by atoms with Crippen molar-refractivity contribution >= 4 is 5.82 Å². The van der Waals surface area contributed by atoms with Gasteiger partial charge in [0.2, 0.25) is 5.88 Å². The smallest absolute Gasteiger partial charge is 0.221 e. The lowest BCUT2D eigenvalue weighted by Gasteiger charge is -2.04. The zero-order chi connectivity index (χ0) is 10.7. The fraction of sp³-hybridized carbons (Fsp3) is 0.0833. The Labute approximate surface area is 88.5 Å². The third-order valence-corrected chi connectivity index (χ3v) is 1.99. The molecule has 0 spiro atoms. The van der Waals surface area contributed by atoms with E-state index in [2.05, 4.69) is 4.98 Å². The number of anilines is 1. The minimum absolute atomic E-state index is 0.458. The quantitative estimate of drug-likeness (QED) is 0.810. The Morgan fingerprint density at radius 2 is 1.80 bits per heavy atom. The van der Waals surface area contributed by atoms with Gasteiger partial charge in [-0.1, -0.05) is 23.8 Å². The van der Waals surface area contributed by atoms with Gasteiger partial charge in [-0.15, -0.1) is 0 Å². The highest BCUT2D eigenvalue weighted by molar-refractivity contribution is 5.34. The van der Waals surface area contributed by atoms with E-state index in [1.54, 1.807) is 12.1 Å². The number of benzene rings is 1. The molecule has 0 bridgehead atoms. The number of ether oxygens (including phenoxy) is 1. The van der Waals surface area contributed by atoms with E-state index in [9.17, 15) is 0 Å². The van der Waals surface area contributed by atoms with Crippen molar-refractivity contribution in [2.45, 2.75) is 6.92 Å². The van der Waals surface area contributed by atoms with Crippen molar-refractivity contribution in [3.63, 3.8) is 0 Å². The molecule has 0 aliphatic heterocycles. The molecule has 3 heteroatoms. The monoisotopic (exact) mass is 200 g/mol. The van der Waals surface area contributed by atoms with E-state index in [0.29, 0.717) is 11.7 Å². The molecule has 1 aromatic carbocycles. The van der Waals surface area contributed by atoms with Crippen molar-refractivity contribution in [1.82, 2.24) is 4.98 Å². The Morgan fingerprint density at radius 1 is 1.07 bits per heavy atom. The molecule has 3 nitrogen and oxygen atoms in total. The van der Waals surface area contributed by atoms with Crippen LogP contribution in [0.3, 0.4) is 0 Å². The largest absolute Gasteiger partial charge is 0.439 e. The molecule has 76 valence electrons. The van der Waals surface area contributed by atoms with Gasteiger partial charge < -0.3 is 10.5 Å². The summed E-state index contributed by atoms with van der Waals surface area (Å²) in [4.78, 5) is 4.05. The first-order valence-corrected chi connectivity index (χ1v) is 4.71. The zero-order valence-corrected chi connectivity index (χ0v) is 8.47. The fourth-order valence-electron chi connectivity index (χ4n) is 1.21. The van der Waals surface area contributed by atoms with Gasteiger partial charge in [-0.25, -0.2) is 0 Å². The molecule has 0 saturated carbocycles. The van der Waals surface area contributed by atoms with E-state index < -0.39 is 0 Å². The van der Waals surface area contributed by atoms with Gasteiger partial charge in [0, 0.05) is 6.07 Å². The van der Waals surface area contributed by atoms with E-state index in [1.807, 2.05) is 37.3 Å². The average Bonchev–Trinajstić information content (AvgIpc) is 2.22. The Hall–Kier alpha value is -2.03. The number of aromatic nitrogens is 1. The summed E-state index contributed by atoms with van der Waals surface area (Å²) in [6.07, 6.45) is 0. The van der Waals surface area contributed by atoms with Crippen molar-refractivity contribution in [3.05, 3.63) is 48.0 Å². The standard InChI is InChI=1S/C12H12N2O/c1-9-5-7-10(8-6-9)15-12-4-2-3-11(13)14-12/h2-8H,1H3,(H2,13,14). The van der Waals surface area contributed by atoms with Crippen molar-refractivity contribution in [3.8, 4) is 11.6 Å². The first-order chi connectivity index (χ1) is 7.24. The molecule has 0 amide bonds. The van der Waals surface area contributed by atoms with Gasteiger partial charge in [-0.3, -0.25) is 0 Å². The van der Waals surface area contributed by atoms with Crippen LogP contribution in [0.15, 0.2) is 42.5 Å². The second-order valence-electron chi connectivity index (χ2n) is 3.32. The summed E-state index contributed by atoms with van der Waals surface area (Å²) in [6, 6.07) is 13.1. The van der Waals surface area contributed by atoms with Crippen LogP contribution in [0.25, 0.3) is 0 Å². The maximum absolute atomic E-state index is 5.55. The van der Waals surface area contributed by atoms with E-state index in [-0.39, 0.29) is 0 Å². The molecule has 2 rings (SSSR count). The van der Waals surface area contributed by atoms with Gasteiger partial charge in [0.15, 0.2) is 0 Å². The Morgan fingerprint density at radius 3 is 2.47 bits per heavy atom. The third-order valence-electron chi connectivity index (χ3n) is 1.99. The topological polar surface area (TPSA) is 48.1 Å². The second kappa shape index (κ2) is 4.00. The number of hydrogen-bond donors (Lipinski definition) is 1. The lowest BCUT2D eigenvalue weighted by molar-refractivity contribution is 0.464. The normalized spacial score (nSPS) is 9.93. The van der Waals surface area contributed by atoms with E-state index in [4.69, 9.17) is 10.5 Å². The maximum atomic E-state index is 5.55. The highest BCUT2D eigenvalue weighted by Crippen LogP contribution is 2.19. The first-order valence-electron chi connectivity index (χ1n) is 4.71. The predicted molar refractivity (Wildman–Crippen MR) is 59.9 cm³/mol. The molecule has 1 aromatic heterocycles.